The molecule has 2 aromatic heterocycles. The number of ether oxygens (including phenoxy) is 1. The molecule has 2 heterocycles. The number of halogens is 1. The van der Waals surface area contributed by atoms with Crippen LogP contribution in [0.15, 0.2) is 53.1 Å². The van der Waals surface area contributed by atoms with E-state index in [2.05, 4.69) is 20.8 Å². The quantitative estimate of drug-likeness (QED) is 0.325. The minimum Gasteiger partial charge on any atom is -0.480 e. The van der Waals surface area contributed by atoms with E-state index < -0.39 is 12.0 Å². The summed E-state index contributed by atoms with van der Waals surface area (Å²) in [6.45, 7) is -0.0471. The second-order valence-corrected chi connectivity index (χ2v) is 8.17. The van der Waals surface area contributed by atoms with E-state index >= 15 is 0 Å². The Morgan fingerprint density at radius 2 is 2.06 bits per heavy atom. The topological polar surface area (TPSA) is 110 Å². The second-order valence-electron chi connectivity index (χ2n) is 6.73. The number of rotatable bonds is 8. The largest absolute Gasteiger partial charge is 0.480 e. The maximum Gasteiger partial charge on any atom is 0.328 e. The van der Waals surface area contributed by atoms with Crippen molar-refractivity contribution in [1.29, 1.82) is 0 Å². The third-order valence-corrected chi connectivity index (χ3v) is 5.71. The van der Waals surface area contributed by atoms with Gasteiger partial charge in [0.2, 0.25) is 0 Å². The summed E-state index contributed by atoms with van der Waals surface area (Å²) in [6, 6.07) is 12.5. The lowest BCUT2D eigenvalue weighted by Crippen LogP contribution is -2.43. The van der Waals surface area contributed by atoms with Crippen molar-refractivity contribution in [3.05, 3.63) is 60.1 Å². The molecule has 1 atom stereocenters. The van der Waals surface area contributed by atoms with Crippen molar-refractivity contribution in [1.82, 2.24) is 15.5 Å². The Morgan fingerprint density at radius 3 is 2.78 bits per heavy atom. The van der Waals surface area contributed by atoms with Gasteiger partial charge in [0, 0.05) is 24.4 Å². The normalized spacial score (nSPS) is 11.9. The van der Waals surface area contributed by atoms with Gasteiger partial charge in [-0.3, -0.25) is 0 Å². The summed E-state index contributed by atoms with van der Waals surface area (Å²) in [5, 5.41) is 19.7. The summed E-state index contributed by atoms with van der Waals surface area (Å²) in [5.74, 6) is -1.13. The zero-order valence-corrected chi connectivity index (χ0v) is 18.3. The monoisotopic (exact) mass is 472 g/mol. The van der Waals surface area contributed by atoms with E-state index in [1.54, 1.807) is 12.1 Å². The molecule has 0 aliphatic carbocycles. The number of aliphatic carboxylic acids is 1. The first-order valence-corrected chi connectivity index (χ1v) is 10.6. The van der Waals surface area contributed by atoms with Crippen LogP contribution in [0, 0.1) is 5.82 Å². The molecular formula is C21H17FN4O4S2. The van der Waals surface area contributed by atoms with Crippen LogP contribution in [0.25, 0.3) is 21.5 Å². The molecule has 11 heteroatoms. The highest BCUT2D eigenvalue weighted by molar-refractivity contribution is 7.80. The molecule has 0 bridgehead atoms. The third-order valence-electron chi connectivity index (χ3n) is 4.45. The predicted octanol–water partition coefficient (Wildman–Crippen LogP) is 4.20. The highest BCUT2D eigenvalue weighted by Gasteiger charge is 2.21. The van der Waals surface area contributed by atoms with E-state index in [4.69, 9.17) is 21.5 Å². The number of hydrogen-bond acceptors (Lipinski definition) is 8. The van der Waals surface area contributed by atoms with Crippen molar-refractivity contribution in [2.45, 2.75) is 6.04 Å². The smallest absolute Gasteiger partial charge is 0.328 e. The fourth-order valence-corrected chi connectivity index (χ4v) is 4.04. The molecule has 0 amide bonds. The first kappa shape index (κ1) is 21.8. The summed E-state index contributed by atoms with van der Waals surface area (Å²) in [5.41, 5.74) is 2.86. The van der Waals surface area contributed by atoms with Crippen molar-refractivity contribution in [2.24, 2.45) is 0 Å². The maximum absolute atomic E-state index is 13.4. The summed E-state index contributed by atoms with van der Waals surface area (Å²) in [6.07, 6.45) is 0. The molecule has 0 saturated carbocycles. The van der Waals surface area contributed by atoms with Crippen LogP contribution in [-0.2, 0) is 9.53 Å². The zero-order valence-electron chi connectivity index (χ0n) is 16.7. The van der Waals surface area contributed by atoms with E-state index in [1.807, 2.05) is 24.3 Å². The second kappa shape index (κ2) is 9.39. The minimum absolute atomic E-state index is 0.0471. The number of methoxy groups -OCH3 is 1. The molecule has 0 fully saturated rings. The number of carboxylic acids is 1. The lowest BCUT2D eigenvalue weighted by atomic mass is 10.1. The summed E-state index contributed by atoms with van der Waals surface area (Å²) in [4.78, 5) is 15.8. The number of nitrogens with zero attached hydrogens (tertiary/aromatic N) is 2. The van der Waals surface area contributed by atoms with Gasteiger partial charge in [0.15, 0.2) is 10.9 Å². The Labute approximate surface area is 191 Å². The lowest BCUT2D eigenvalue weighted by molar-refractivity contribution is -0.140. The van der Waals surface area contributed by atoms with Gasteiger partial charge >= 0.3 is 5.97 Å². The summed E-state index contributed by atoms with van der Waals surface area (Å²) in [7, 11) is 1.41. The van der Waals surface area contributed by atoms with Crippen LogP contribution >= 0.6 is 23.6 Å². The molecule has 3 N–H and O–H groups in total. The lowest BCUT2D eigenvalue weighted by Gasteiger charge is -2.13. The molecule has 0 spiro atoms. The number of hydrogen-bond donors (Lipinski definition) is 3. The van der Waals surface area contributed by atoms with E-state index in [9.17, 15) is 14.3 Å². The van der Waals surface area contributed by atoms with E-state index in [0.717, 1.165) is 21.5 Å². The van der Waals surface area contributed by atoms with Gasteiger partial charge < -0.3 is 25.0 Å². The van der Waals surface area contributed by atoms with Gasteiger partial charge in [-0.15, -0.1) is 0 Å². The van der Waals surface area contributed by atoms with Crippen LogP contribution in [0.4, 0.5) is 15.2 Å². The van der Waals surface area contributed by atoms with Crippen molar-refractivity contribution < 1.29 is 23.6 Å². The number of anilines is 2. The number of carbonyl (C=O) groups is 1. The van der Waals surface area contributed by atoms with E-state index in [0.29, 0.717) is 10.8 Å². The Hall–Kier alpha value is -3.41. The molecular weight excluding hydrogens is 455 g/mol. The fourth-order valence-electron chi connectivity index (χ4n) is 2.89. The Kier molecular flexibility index (Phi) is 6.40. The molecule has 2 aromatic carbocycles. The van der Waals surface area contributed by atoms with Crippen LogP contribution in [0.5, 0.6) is 0 Å². The molecule has 164 valence electrons. The Bertz CT molecular complexity index is 1270. The number of carboxylic acid groups (broad SMARTS) is 1. The van der Waals surface area contributed by atoms with Crippen LogP contribution < -0.4 is 10.6 Å². The molecule has 32 heavy (non-hydrogen) atoms. The molecule has 4 aromatic rings. The number of nitrogens with one attached hydrogen (secondary N) is 2. The van der Waals surface area contributed by atoms with Crippen LogP contribution in [0.2, 0.25) is 0 Å². The van der Waals surface area contributed by atoms with Crippen LogP contribution in [0.1, 0.15) is 5.76 Å². The molecule has 8 nitrogen and oxygen atoms in total. The zero-order chi connectivity index (χ0) is 22.7. The van der Waals surface area contributed by atoms with E-state index in [-0.39, 0.29) is 23.2 Å². The average molecular weight is 473 g/mol. The molecule has 4 rings (SSSR count). The van der Waals surface area contributed by atoms with Gasteiger partial charge in [0.05, 0.1) is 16.8 Å². The van der Waals surface area contributed by atoms with E-state index in [1.165, 1.54) is 30.6 Å². The SMILES string of the molecule is COCC(NC(=S)c1cc(-c2ccc(Nc3nc4ccc(F)cc4s3)cc2)no1)C(=O)O. The Morgan fingerprint density at radius 1 is 1.28 bits per heavy atom. The first-order valence-electron chi connectivity index (χ1n) is 9.36. The van der Waals surface area contributed by atoms with Crippen molar-refractivity contribution in [3.8, 4) is 11.3 Å². The van der Waals surface area contributed by atoms with Crippen molar-refractivity contribution in [2.75, 3.05) is 19.0 Å². The van der Waals surface area contributed by atoms with Gasteiger partial charge in [0.1, 0.15) is 22.5 Å². The standard InChI is InChI=1S/C21H17FN4O4S2/c1-29-10-16(20(27)28)24-19(31)17-9-15(26-30-17)11-2-5-13(6-3-11)23-21-25-14-7-4-12(22)8-18(14)32-21/h2-9,16H,10H2,1H3,(H,23,25)(H,24,31)(H,27,28). The van der Waals surface area contributed by atoms with Gasteiger partial charge in [-0.25, -0.2) is 14.2 Å². The highest BCUT2D eigenvalue weighted by atomic mass is 32.1. The first-order chi connectivity index (χ1) is 15.4. The highest BCUT2D eigenvalue weighted by Crippen LogP contribution is 2.29. The molecule has 1 unspecified atom stereocenters. The average Bonchev–Trinajstić information content (AvgIpc) is 3.40. The Balaban J connectivity index is 1.44. The number of thiocarbonyl (C=S) groups is 1. The third kappa shape index (κ3) is 4.90. The number of aromatic nitrogens is 2. The molecule has 0 aliphatic heterocycles. The number of thiazole rings is 1. The van der Waals surface area contributed by atoms with Crippen LogP contribution in [-0.4, -0.2) is 46.0 Å². The fraction of sp³-hybridized carbons (Fsp3) is 0.143. The molecule has 0 aliphatic rings. The molecule has 0 radical (unpaired) electrons. The summed E-state index contributed by atoms with van der Waals surface area (Å²) >= 11 is 6.58. The van der Waals surface area contributed by atoms with Gasteiger partial charge in [-0.2, -0.15) is 0 Å². The minimum atomic E-state index is -1.09. The van der Waals surface area contributed by atoms with Crippen molar-refractivity contribution >= 4 is 55.5 Å². The predicted molar refractivity (Wildman–Crippen MR) is 123 cm³/mol. The number of benzene rings is 2. The van der Waals surface area contributed by atoms with Gasteiger partial charge in [-0.05, 0) is 30.3 Å². The van der Waals surface area contributed by atoms with Gasteiger partial charge in [0.25, 0.3) is 0 Å². The maximum atomic E-state index is 13.4. The van der Waals surface area contributed by atoms with Crippen molar-refractivity contribution in [3.63, 3.8) is 0 Å². The summed E-state index contributed by atoms with van der Waals surface area (Å²) < 4.78 is 24.3. The molecule has 0 saturated heterocycles. The van der Waals surface area contributed by atoms with Gasteiger partial charge in [-0.1, -0.05) is 40.8 Å². The van der Waals surface area contributed by atoms with Crippen LogP contribution in [0.3, 0.4) is 0 Å². The number of fused-ring (bicyclic) bond motifs is 1.